The number of hydrogen-bond donors (Lipinski definition) is 1. The van der Waals surface area contributed by atoms with E-state index in [1.807, 2.05) is 0 Å². The van der Waals surface area contributed by atoms with Crippen LogP contribution in [0.3, 0.4) is 0 Å². The first-order chi connectivity index (χ1) is 17.2. The second kappa shape index (κ2) is 8.46. The molecule has 9 nitrogen and oxygen atoms in total. The number of furan rings is 1. The van der Waals surface area contributed by atoms with Gasteiger partial charge in [-0.25, -0.2) is 4.79 Å². The largest absolute Gasteiger partial charge is 0.478 e. The van der Waals surface area contributed by atoms with E-state index in [1.54, 1.807) is 57.2 Å². The Hall–Kier alpha value is -4.79. The number of hydrazone groups is 1. The summed E-state index contributed by atoms with van der Waals surface area (Å²) < 4.78 is 5.93. The van der Waals surface area contributed by atoms with Gasteiger partial charge in [-0.1, -0.05) is 6.07 Å². The standard InChI is InChI=1S/C27H21N3O6/c1-14(2)29-24(31)20-10-6-17(12-22(20)25(29)32)23-11-9-19(36-23)13-21-15(3)28-30(26(21)33)18-7-4-16(5-8-18)27(34)35/h4-14H,1-3H3,(H,34,35). The normalized spacial score (nSPS) is 16.4. The number of amides is 3. The molecule has 5 rings (SSSR count). The smallest absolute Gasteiger partial charge is 0.335 e. The molecule has 36 heavy (non-hydrogen) atoms. The van der Waals surface area contributed by atoms with E-state index in [4.69, 9.17) is 9.52 Å². The van der Waals surface area contributed by atoms with Crippen LogP contribution in [0.2, 0.25) is 0 Å². The minimum atomic E-state index is -1.06. The first kappa shape index (κ1) is 23.0. The predicted octanol–water partition coefficient (Wildman–Crippen LogP) is 4.46. The zero-order valence-corrected chi connectivity index (χ0v) is 19.7. The first-order valence-corrected chi connectivity index (χ1v) is 11.2. The number of benzene rings is 2. The minimum absolute atomic E-state index is 0.111. The lowest BCUT2D eigenvalue weighted by atomic mass is 10.0. The van der Waals surface area contributed by atoms with E-state index in [2.05, 4.69) is 5.10 Å². The number of fused-ring (bicyclic) bond motifs is 1. The molecule has 1 N–H and O–H groups in total. The van der Waals surface area contributed by atoms with Gasteiger partial charge < -0.3 is 9.52 Å². The van der Waals surface area contributed by atoms with Crippen LogP contribution in [-0.4, -0.2) is 45.5 Å². The molecule has 2 aliphatic heterocycles. The van der Waals surface area contributed by atoms with Gasteiger partial charge >= 0.3 is 5.97 Å². The van der Waals surface area contributed by atoms with Gasteiger partial charge in [-0.3, -0.25) is 19.3 Å². The van der Waals surface area contributed by atoms with Gasteiger partial charge in [-0.2, -0.15) is 10.1 Å². The molecule has 3 heterocycles. The molecule has 0 unspecified atom stereocenters. The van der Waals surface area contributed by atoms with Gasteiger partial charge in [0.2, 0.25) is 0 Å². The zero-order valence-electron chi connectivity index (χ0n) is 19.7. The van der Waals surface area contributed by atoms with E-state index in [-0.39, 0.29) is 29.3 Å². The molecule has 0 bridgehead atoms. The SMILES string of the molecule is CC1=NN(c2ccc(C(=O)O)cc2)C(=O)C1=Cc1ccc(-c2ccc3c(c2)C(=O)N(C(C)C)C3=O)o1. The predicted molar refractivity (Wildman–Crippen MR) is 132 cm³/mol. The molecule has 3 amide bonds. The van der Waals surface area contributed by atoms with E-state index >= 15 is 0 Å². The van der Waals surface area contributed by atoms with Crippen molar-refractivity contribution < 1.29 is 28.7 Å². The van der Waals surface area contributed by atoms with E-state index in [0.29, 0.717) is 45.2 Å². The summed E-state index contributed by atoms with van der Waals surface area (Å²) in [7, 11) is 0. The Labute approximate surface area is 205 Å². The zero-order chi connectivity index (χ0) is 25.7. The third kappa shape index (κ3) is 3.70. The van der Waals surface area contributed by atoms with Crippen LogP contribution in [0.15, 0.2) is 69.7 Å². The molecular formula is C27H21N3O6. The molecule has 9 heteroatoms. The molecule has 0 spiro atoms. The van der Waals surface area contributed by atoms with Gasteiger partial charge in [-0.15, -0.1) is 0 Å². The molecule has 0 fully saturated rings. The van der Waals surface area contributed by atoms with Crippen molar-refractivity contribution in [3.8, 4) is 11.3 Å². The third-order valence-corrected chi connectivity index (χ3v) is 6.05. The van der Waals surface area contributed by atoms with Crippen LogP contribution in [-0.2, 0) is 4.79 Å². The number of carboxylic acids is 1. The van der Waals surface area contributed by atoms with Gasteiger partial charge in [0, 0.05) is 11.6 Å². The van der Waals surface area contributed by atoms with Crippen LogP contribution in [0.5, 0.6) is 0 Å². The van der Waals surface area contributed by atoms with E-state index in [1.165, 1.54) is 34.2 Å². The lowest BCUT2D eigenvalue weighted by Gasteiger charge is -2.17. The summed E-state index contributed by atoms with van der Waals surface area (Å²) in [6.45, 7) is 5.27. The number of carbonyl (C=O) groups excluding carboxylic acids is 3. The quantitative estimate of drug-likeness (QED) is 0.423. The molecule has 2 aliphatic rings. The Morgan fingerprint density at radius 3 is 2.31 bits per heavy atom. The number of carboxylic acid groups (broad SMARTS) is 1. The van der Waals surface area contributed by atoms with Gasteiger partial charge in [0.15, 0.2) is 0 Å². The third-order valence-electron chi connectivity index (χ3n) is 6.05. The maximum absolute atomic E-state index is 13.0. The van der Waals surface area contributed by atoms with Crippen molar-refractivity contribution in [2.75, 3.05) is 5.01 Å². The van der Waals surface area contributed by atoms with Crippen molar-refractivity contribution in [1.29, 1.82) is 0 Å². The minimum Gasteiger partial charge on any atom is -0.478 e. The van der Waals surface area contributed by atoms with Crippen LogP contribution < -0.4 is 5.01 Å². The van der Waals surface area contributed by atoms with E-state index < -0.39 is 5.97 Å². The molecule has 0 saturated carbocycles. The van der Waals surface area contributed by atoms with Gasteiger partial charge in [-0.05, 0) is 75.4 Å². The van der Waals surface area contributed by atoms with E-state index in [9.17, 15) is 19.2 Å². The molecule has 3 aromatic rings. The Kier molecular flexibility index (Phi) is 5.40. The van der Waals surface area contributed by atoms with Crippen LogP contribution in [0.1, 0.15) is 57.6 Å². The number of aromatic carboxylic acids is 1. The van der Waals surface area contributed by atoms with Crippen LogP contribution >= 0.6 is 0 Å². The summed E-state index contributed by atoms with van der Waals surface area (Å²) in [6.07, 6.45) is 1.58. The fourth-order valence-corrected chi connectivity index (χ4v) is 4.21. The highest BCUT2D eigenvalue weighted by Crippen LogP contribution is 2.32. The second-order valence-corrected chi connectivity index (χ2v) is 8.75. The topological polar surface area (TPSA) is 120 Å². The maximum atomic E-state index is 13.0. The number of imide groups is 1. The maximum Gasteiger partial charge on any atom is 0.335 e. The van der Waals surface area contributed by atoms with Gasteiger partial charge in [0.05, 0.1) is 33.7 Å². The molecule has 0 radical (unpaired) electrons. The van der Waals surface area contributed by atoms with Crippen molar-refractivity contribution in [3.05, 3.63) is 82.6 Å². The average Bonchev–Trinajstić information content (AvgIpc) is 3.50. The lowest BCUT2D eigenvalue weighted by molar-refractivity contribution is -0.114. The number of anilines is 1. The number of carbonyl (C=O) groups is 4. The van der Waals surface area contributed by atoms with Crippen molar-refractivity contribution >= 4 is 41.2 Å². The Balaban J connectivity index is 1.40. The average molecular weight is 483 g/mol. The molecule has 1 aromatic heterocycles. The van der Waals surface area contributed by atoms with Crippen molar-refractivity contribution in [3.63, 3.8) is 0 Å². The van der Waals surface area contributed by atoms with Gasteiger partial charge in [0.1, 0.15) is 11.5 Å². The highest BCUT2D eigenvalue weighted by molar-refractivity contribution is 6.32. The number of hydrogen-bond acceptors (Lipinski definition) is 6. The molecular weight excluding hydrogens is 462 g/mol. The Morgan fingerprint density at radius 1 is 0.944 bits per heavy atom. The van der Waals surface area contributed by atoms with Crippen LogP contribution in [0.25, 0.3) is 17.4 Å². The molecule has 2 aromatic carbocycles. The highest BCUT2D eigenvalue weighted by atomic mass is 16.4. The number of nitrogens with zero attached hydrogens (tertiary/aromatic N) is 3. The lowest BCUT2D eigenvalue weighted by Crippen LogP contribution is -2.35. The monoisotopic (exact) mass is 483 g/mol. The fourth-order valence-electron chi connectivity index (χ4n) is 4.21. The molecule has 0 saturated heterocycles. The summed E-state index contributed by atoms with van der Waals surface area (Å²) >= 11 is 0. The van der Waals surface area contributed by atoms with Crippen molar-refractivity contribution in [1.82, 2.24) is 4.90 Å². The second-order valence-electron chi connectivity index (χ2n) is 8.75. The van der Waals surface area contributed by atoms with E-state index in [0.717, 1.165) is 0 Å². The first-order valence-electron chi connectivity index (χ1n) is 11.2. The summed E-state index contributed by atoms with van der Waals surface area (Å²) in [5.74, 6) is -1.17. The summed E-state index contributed by atoms with van der Waals surface area (Å²) in [5.41, 5.74) is 2.71. The molecule has 0 aliphatic carbocycles. The highest BCUT2D eigenvalue weighted by Gasteiger charge is 2.37. The summed E-state index contributed by atoms with van der Waals surface area (Å²) in [4.78, 5) is 50.6. The number of rotatable bonds is 5. The van der Waals surface area contributed by atoms with Crippen molar-refractivity contribution in [2.45, 2.75) is 26.8 Å². The summed E-state index contributed by atoms with van der Waals surface area (Å²) in [6, 6.07) is 14.0. The van der Waals surface area contributed by atoms with Crippen molar-refractivity contribution in [2.24, 2.45) is 5.10 Å². The molecule has 180 valence electrons. The van der Waals surface area contributed by atoms with Gasteiger partial charge in [0.25, 0.3) is 17.7 Å². The van der Waals surface area contributed by atoms with Crippen LogP contribution in [0.4, 0.5) is 5.69 Å². The summed E-state index contributed by atoms with van der Waals surface area (Å²) in [5, 5.41) is 14.6. The fraction of sp³-hybridized carbons (Fsp3) is 0.148. The Morgan fingerprint density at radius 2 is 1.64 bits per heavy atom. The molecule has 0 atom stereocenters. The van der Waals surface area contributed by atoms with Crippen LogP contribution in [0, 0.1) is 0 Å². The Bertz CT molecular complexity index is 1510.